The molecular formula is C29H29ClN4O3. The number of rotatable bonds is 6. The Bertz CT molecular complexity index is 1370. The van der Waals surface area contributed by atoms with Crippen LogP contribution in [0.3, 0.4) is 0 Å². The number of aliphatic carboxylic acids is 1. The van der Waals surface area contributed by atoms with Crippen molar-refractivity contribution in [1.82, 2.24) is 14.5 Å². The van der Waals surface area contributed by atoms with Crippen LogP contribution >= 0.6 is 12.4 Å². The maximum atomic E-state index is 14.0. The molecule has 3 N–H and O–H groups in total. The van der Waals surface area contributed by atoms with E-state index in [0.29, 0.717) is 6.54 Å². The summed E-state index contributed by atoms with van der Waals surface area (Å²) in [6.07, 6.45) is 1.93. The molecule has 1 aliphatic rings. The van der Waals surface area contributed by atoms with Crippen molar-refractivity contribution >= 4 is 30.0 Å². The first-order valence-corrected chi connectivity index (χ1v) is 11.9. The predicted octanol–water partition coefficient (Wildman–Crippen LogP) is 4.41. The standard InChI is InChI=1S/C29H28N4O3.ClH/c1-19-14-20(12-13-23(19)30)16-32-18-31-24-17-33(26(29(35)36)15-25(24)32)28(34)27(21-8-4-2-5-9-21)22-10-6-3-7-11-22;/h2-14,18,26-27H,15-17,30H2,1H3,(H,35,36);1H. The van der Waals surface area contributed by atoms with Crippen LogP contribution in [0.2, 0.25) is 0 Å². The molecule has 0 spiro atoms. The van der Waals surface area contributed by atoms with Gasteiger partial charge in [0.2, 0.25) is 5.91 Å². The van der Waals surface area contributed by atoms with Gasteiger partial charge in [-0.05, 0) is 35.2 Å². The van der Waals surface area contributed by atoms with Gasteiger partial charge in [0, 0.05) is 24.3 Å². The number of nitrogens with two attached hydrogens (primary N) is 1. The number of benzene rings is 3. The third kappa shape index (κ3) is 5.22. The van der Waals surface area contributed by atoms with E-state index >= 15 is 0 Å². The molecule has 8 heteroatoms. The van der Waals surface area contributed by atoms with Gasteiger partial charge in [-0.3, -0.25) is 4.79 Å². The highest BCUT2D eigenvalue weighted by Gasteiger charge is 2.40. The van der Waals surface area contributed by atoms with Gasteiger partial charge in [0.1, 0.15) is 6.04 Å². The number of anilines is 1. The second-order valence-corrected chi connectivity index (χ2v) is 9.24. The minimum Gasteiger partial charge on any atom is -0.480 e. The lowest BCUT2D eigenvalue weighted by atomic mass is 9.88. The SMILES string of the molecule is Cc1cc(Cn2cnc3c2CC(C(=O)O)N(C(=O)C(c2ccccc2)c2ccccc2)C3)ccc1N.Cl. The molecule has 0 saturated heterocycles. The largest absolute Gasteiger partial charge is 0.480 e. The molecule has 4 aromatic rings. The van der Waals surface area contributed by atoms with Crippen molar-refractivity contribution < 1.29 is 14.7 Å². The number of amides is 1. The van der Waals surface area contributed by atoms with Gasteiger partial charge in [-0.15, -0.1) is 12.4 Å². The van der Waals surface area contributed by atoms with Gasteiger partial charge >= 0.3 is 5.97 Å². The lowest BCUT2D eigenvalue weighted by molar-refractivity contribution is -0.151. The summed E-state index contributed by atoms with van der Waals surface area (Å²) in [4.78, 5) is 32.5. The number of halogens is 1. The topological polar surface area (TPSA) is 101 Å². The van der Waals surface area contributed by atoms with Gasteiger partial charge in [-0.1, -0.05) is 72.8 Å². The van der Waals surface area contributed by atoms with E-state index in [1.165, 1.54) is 4.90 Å². The summed E-state index contributed by atoms with van der Waals surface area (Å²) in [6, 6.07) is 23.9. The zero-order valence-electron chi connectivity index (χ0n) is 20.4. The predicted molar refractivity (Wildman–Crippen MR) is 145 cm³/mol. The average molecular weight is 517 g/mol. The molecule has 0 fully saturated rings. The van der Waals surface area contributed by atoms with Crippen LogP contribution in [0, 0.1) is 6.92 Å². The summed E-state index contributed by atoms with van der Waals surface area (Å²) >= 11 is 0. The molecule has 1 aromatic heterocycles. The fraction of sp³-hybridized carbons (Fsp3) is 0.207. The number of carbonyl (C=O) groups is 2. The quantitative estimate of drug-likeness (QED) is 0.369. The summed E-state index contributed by atoms with van der Waals surface area (Å²) in [5, 5.41) is 10.2. The normalized spacial score (nSPS) is 14.6. The Morgan fingerprint density at radius 3 is 2.22 bits per heavy atom. The zero-order chi connectivity index (χ0) is 25.2. The Morgan fingerprint density at radius 2 is 1.65 bits per heavy atom. The third-order valence-electron chi connectivity index (χ3n) is 6.88. The molecule has 0 bridgehead atoms. The first kappa shape index (κ1) is 26.0. The van der Waals surface area contributed by atoms with Gasteiger partial charge < -0.3 is 20.3 Å². The van der Waals surface area contributed by atoms with Gasteiger partial charge in [0.15, 0.2) is 0 Å². The molecular weight excluding hydrogens is 488 g/mol. The van der Waals surface area contributed by atoms with Crippen molar-refractivity contribution in [2.75, 3.05) is 5.73 Å². The summed E-state index contributed by atoms with van der Waals surface area (Å²) in [5.74, 6) is -1.87. The van der Waals surface area contributed by atoms with E-state index in [4.69, 9.17) is 5.73 Å². The van der Waals surface area contributed by atoms with Crippen molar-refractivity contribution in [2.45, 2.75) is 38.4 Å². The fourth-order valence-electron chi connectivity index (χ4n) is 4.94. The minimum absolute atomic E-state index is 0. The van der Waals surface area contributed by atoms with Crippen molar-refractivity contribution in [3.05, 3.63) is 119 Å². The smallest absolute Gasteiger partial charge is 0.326 e. The van der Waals surface area contributed by atoms with Crippen LogP contribution in [0.5, 0.6) is 0 Å². The molecule has 1 unspecified atom stereocenters. The Labute approximate surface area is 222 Å². The minimum atomic E-state index is -1.02. The molecule has 1 atom stereocenters. The molecule has 190 valence electrons. The molecule has 5 rings (SSSR count). The fourth-order valence-corrected chi connectivity index (χ4v) is 4.94. The monoisotopic (exact) mass is 516 g/mol. The molecule has 3 aromatic carbocycles. The van der Waals surface area contributed by atoms with Crippen LogP contribution in [0.25, 0.3) is 0 Å². The summed E-state index contributed by atoms with van der Waals surface area (Å²) in [7, 11) is 0. The second kappa shape index (κ2) is 10.9. The van der Waals surface area contributed by atoms with Crippen molar-refractivity contribution in [3.8, 4) is 0 Å². The van der Waals surface area contributed by atoms with E-state index in [1.807, 2.05) is 90.4 Å². The molecule has 7 nitrogen and oxygen atoms in total. The molecule has 0 aliphatic carbocycles. The van der Waals surface area contributed by atoms with Crippen LogP contribution in [0.1, 0.15) is 39.6 Å². The van der Waals surface area contributed by atoms with Crippen LogP contribution in [-0.4, -0.2) is 37.5 Å². The summed E-state index contributed by atoms with van der Waals surface area (Å²) < 4.78 is 1.98. The van der Waals surface area contributed by atoms with Gasteiger partial charge in [-0.25, -0.2) is 9.78 Å². The number of aromatic nitrogens is 2. The van der Waals surface area contributed by atoms with Gasteiger partial charge in [0.05, 0.1) is 24.5 Å². The van der Waals surface area contributed by atoms with E-state index < -0.39 is 17.9 Å². The molecule has 1 aliphatic heterocycles. The molecule has 0 saturated carbocycles. The van der Waals surface area contributed by atoms with E-state index in [2.05, 4.69) is 4.98 Å². The number of nitrogens with zero attached hydrogens (tertiary/aromatic N) is 3. The molecule has 37 heavy (non-hydrogen) atoms. The summed E-state index contributed by atoms with van der Waals surface area (Å²) in [6.45, 7) is 2.66. The van der Waals surface area contributed by atoms with Crippen molar-refractivity contribution in [2.24, 2.45) is 0 Å². The Morgan fingerprint density at radius 1 is 1.03 bits per heavy atom. The Kier molecular flexibility index (Phi) is 7.64. The number of carboxylic acids is 1. The maximum absolute atomic E-state index is 14.0. The highest BCUT2D eigenvalue weighted by molar-refractivity contribution is 5.91. The highest BCUT2D eigenvalue weighted by atomic mass is 35.5. The van der Waals surface area contributed by atoms with Gasteiger partial charge in [-0.2, -0.15) is 0 Å². The van der Waals surface area contributed by atoms with Crippen molar-refractivity contribution in [1.29, 1.82) is 0 Å². The number of carbonyl (C=O) groups excluding carboxylic acids is 1. The van der Waals surface area contributed by atoms with Gasteiger partial charge in [0.25, 0.3) is 0 Å². The number of imidazole rings is 1. The Balaban J connectivity index is 0.00000320. The molecule has 1 amide bonds. The number of nitrogen functional groups attached to an aromatic ring is 1. The average Bonchev–Trinajstić information content (AvgIpc) is 3.28. The lowest BCUT2D eigenvalue weighted by Crippen LogP contribution is -2.50. The number of fused-ring (bicyclic) bond motifs is 1. The number of hydrogen-bond acceptors (Lipinski definition) is 4. The molecule has 0 radical (unpaired) electrons. The highest BCUT2D eigenvalue weighted by Crippen LogP contribution is 2.32. The van der Waals surface area contributed by atoms with Crippen LogP contribution in [0.4, 0.5) is 5.69 Å². The van der Waals surface area contributed by atoms with E-state index in [-0.39, 0.29) is 31.3 Å². The second-order valence-electron chi connectivity index (χ2n) is 9.24. The van der Waals surface area contributed by atoms with Crippen LogP contribution in [0.15, 0.2) is 85.2 Å². The first-order chi connectivity index (χ1) is 17.4. The first-order valence-electron chi connectivity index (χ1n) is 11.9. The van der Waals surface area contributed by atoms with Crippen molar-refractivity contribution in [3.63, 3.8) is 0 Å². The maximum Gasteiger partial charge on any atom is 0.326 e. The number of carboxylic acid groups (broad SMARTS) is 1. The number of aryl methyl sites for hydroxylation is 1. The van der Waals surface area contributed by atoms with E-state index in [1.54, 1.807) is 6.33 Å². The van der Waals surface area contributed by atoms with E-state index in [0.717, 1.165) is 39.3 Å². The number of hydrogen-bond donors (Lipinski definition) is 2. The van der Waals surface area contributed by atoms with E-state index in [9.17, 15) is 14.7 Å². The molecule has 2 heterocycles. The lowest BCUT2D eigenvalue weighted by Gasteiger charge is -2.35. The third-order valence-corrected chi connectivity index (χ3v) is 6.88. The zero-order valence-corrected chi connectivity index (χ0v) is 21.3. The van der Waals surface area contributed by atoms with Crippen LogP contribution in [-0.2, 0) is 29.1 Å². The summed E-state index contributed by atoms with van der Waals surface area (Å²) in [5.41, 5.74) is 12.0. The Hall–Kier alpha value is -4.10. The van der Waals surface area contributed by atoms with Crippen LogP contribution < -0.4 is 5.73 Å².